The molecule has 0 radical (unpaired) electrons. The van der Waals surface area contributed by atoms with Gasteiger partial charge in [0.05, 0.1) is 0 Å². The molecule has 21 heavy (non-hydrogen) atoms. The lowest BCUT2D eigenvalue weighted by atomic mass is 9.85. The Kier molecular flexibility index (Phi) is 6.06. The molecule has 1 saturated carbocycles. The van der Waals surface area contributed by atoms with Crippen LogP contribution in [0.5, 0.6) is 0 Å². The van der Waals surface area contributed by atoms with Crippen LogP contribution >= 0.6 is 0 Å². The maximum atomic E-state index is 11.8. The van der Waals surface area contributed by atoms with E-state index in [4.69, 9.17) is 4.74 Å². The molecule has 0 aromatic rings. The summed E-state index contributed by atoms with van der Waals surface area (Å²) >= 11 is 0. The molecule has 0 aromatic heterocycles. The van der Waals surface area contributed by atoms with E-state index < -0.39 is 0 Å². The van der Waals surface area contributed by atoms with Crippen molar-refractivity contribution in [1.82, 2.24) is 10.2 Å². The molecule has 0 bridgehead atoms. The van der Waals surface area contributed by atoms with Crippen molar-refractivity contribution in [3.05, 3.63) is 0 Å². The summed E-state index contributed by atoms with van der Waals surface area (Å²) < 4.78 is 4.93. The summed E-state index contributed by atoms with van der Waals surface area (Å²) in [5.74, 6) is 0.132. The van der Waals surface area contributed by atoms with Crippen molar-refractivity contribution in [2.45, 2.75) is 70.9 Å². The van der Waals surface area contributed by atoms with Crippen molar-refractivity contribution in [1.29, 1.82) is 0 Å². The number of likely N-dealkylation sites (tertiary alicyclic amines) is 1. The third kappa shape index (κ3) is 5.26. The van der Waals surface area contributed by atoms with Crippen LogP contribution in [0.1, 0.15) is 58.8 Å². The smallest absolute Gasteiger partial charge is 0.248 e. The number of ether oxygens (including phenoxy) is 1. The van der Waals surface area contributed by atoms with E-state index in [1.165, 1.54) is 32.1 Å². The number of methoxy groups -OCH3 is 1. The summed E-state index contributed by atoms with van der Waals surface area (Å²) in [6.45, 7) is 6.76. The molecule has 1 aliphatic carbocycles. The van der Waals surface area contributed by atoms with Gasteiger partial charge in [-0.25, -0.2) is 0 Å². The molecule has 1 saturated heterocycles. The predicted octanol–water partition coefficient (Wildman–Crippen LogP) is 2.57. The Morgan fingerprint density at radius 3 is 2.48 bits per heavy atom. The molecule has 2 rings (SSSR count). The molecule has 1 atom stereocenters. The first-order chi connectivity index (χ1) is 10.00. The lowest BCUT2D eigenvalue weighted by Gasteiger charge is -2.34. The van der Waals surface area contributed by atoms with Crippen molar-refractivity contribution in [2.24, 2.45) is 5.41 Å². The van der Waals surface area contributed by atoms with Crippen LogP contribution in [0, 0.1) is 5.41 Å². The highest BCUT2D eigenvalue weighted by atomic mass is 16.5. The molecule has 1 unspecified atom stereocenters. The zero-order valence-corrected chi connectivity index (χ0v) is 14.0. The van der Waals surface area contributed by atoms with E-state index in [9.17, 15) is 4.79 Å². The number of nitrogens with one attached hydrogen (secondary N) is 1. The summed E-state index contributed by atoms with van der Waals surface area (Å²) in [7, 11) is 1.58. The van der Waals surface area contributed by atoms with Crippen LogP contribution in [0.15, 0.2) is 0 Å². The van der Waals surface area contributed by atoms with E-state index in [2.05, 4.69) is 19.2 Å². The Morgan fingerprint density at radius 2 is 1.81 bits per heavy atom. The second kappa shape index (κ2) is 7.59. The van der Waals surface area contributed by atoms with Crippen LogP contribution in [0.4, 0.5) is 0 Å². The highest BCUT2D eigenvalue weighted by Gasteiger charge is 2.27. The molecule has 1 amide bonds. The fraction of sp³-hybridized carbons (Fsp3) is 0.941. The lowest BCUT2D eigenvalue weighted by Crippen LogP contribution is -2.48. The Bertz CT molecular complexity index is 336. The number of carbonyl (C=O) groups excluding carboxylic acids is 1. The minimum Gasteiger partial charge on any atom is -0.375 e. The fourth-order valence-corrected chi connectivity index (χ4v) is 3.67. The molecule has 0 spiro atoms. The van der Waals surface area contributed by atoms with Crippen LogP contribution in [0.2, 0.25) is 0 Å². The van der Waals surface area contributed by atoms with Gasteiger partial charge in [0.25, 0.3) is 0 Å². The van der Waals surface area contributed by atoms with Gasteiger partial charge < -0.3 is 15.0 Å². The maximum absolute atomic E-state index is 11.8. The quantitative estimate of drug-likeness (QED) is 0.811. The van der Waals surface area contributed by atoms with Gasteiger partial charge in [-0.2, -0.15) is 0 Å². The van der Waals surface area contributed by atoms with E-state index in [0.717, 1.165) is 25.9 Å². The van der Waals surface area contributed by atoms with E-state index in [1.807, 2.05) is 4.90 Å². The average molecular weight is 296 g/mol. The molecule has 1 aliphatic heterocycles. The van der Waals surface area contributed by atoms with E-state index in [-0.39, 0.29) is 12.5 Å². The van der Waals surface area contributed by atoms with Crippen LogP contribution in [0.3, 0.4) is 0 Å². The Hall–Kier alpha value is -0.610. The molecule has 4 heteroatoms. The monoisotopic (exact) mass is 296 g/mol. The highest BCUT2D eigenvalue weighted by molar-refractivity contribution is 5.77. The number of hydrogen-bond acceptors (Lipinski definition) is 3. The third-order valence-electron chi connectivity index (χ3n) is 5.16. The highest BCUT2D eigenvalue weighted by Crippen LogP contribution is 2.34. The van der Waals surface area contributed by atoms with Gasteiger partial charge >= 0.3 is 0 Å². The van der Waals surface area contributed by atoms with Gasteiger partial charge in [0, 0.05) is 32.3 Å². The summed E-state index contributed by atoms with van der Waals surface area (Å²) in [5, 5.41) is 3.86. The molecule has 1 heterocycles. The number of nitrogens with zero attached hydrogens (tertiary/aromatic N) is 1. The first kappa shape index (κ1) is 16.8. The van der Waals surface area contributed by atoms with Crippen molar-refractivity contribution in [3.8, 4) is 0 Å². The van der Waals surface area contributed by atoms with Crippen LogP contribution < -0.4 is 5.32 Å². The Labute approximate surface area is 129 Å². The normalized spacial score (nSPS) is 27.4. The van der Waals surface area contributed by atoms with Crippen molar-refractivity contribution in [2.75, 3.05) is 26.8 Å². The Morgan fingerprint density at radius 1 is 1.14 bits per heavy atom. The van der Waals surface area contributed by atoms with Gasteiger partial charge in [0.2, 0.25) is 5.91 Å². The second-order valence-electron chi connectivity index (χ2n) is 7.55. The number of amides is 1. The third-order valence-corrected chi connectivity index (χ3v) is 5.16. The topological polar surface area (TPSA) is 41.6 Å². The zero-order chi connectivity index (χ0) is 15.3. The maximum Gasteiger partial charge on any atom is 0.248 e. The molecule has 122 valence electrons. The fourth-order valence-electron chi connectivity index (χ4n) is 3.67. The zero-order valence-electron chi connectivity index (χ0n) is 14.0. The van der Waals surface area contributed by atoms with Crippen molar-refractivity contribution < 1.29 is 9.53 Å². The first-order valence-corrected chi connectivity index (χ1v) is 8.53. The minimum atomic E-state index is 0.132. The van der Waals surface area contributed by atoms with Crippen LogP contribution in [0.25, 0.3) is 0 Å². The standard InChI is InChI=1S/C17H32N2O2/c1-17(2)9-4-5-14(6-10-17)18-15-7-11-19(12-8-15)16(20)13-21-3/h14-15,18H,4-13H2,1-3H3. The van der Waals surface area contributed by atoms with Crippen LogP contribution in [-0.2, 0) is 9.53 Å². The van der Waals surface area contributed by atoms with E-state index in [0.29, 0.717) is 17.5 Å². The van der Waals surface area contributed by atoms with Gasteiger partial charge in [-0.1, -0.05) is 20.3 Å². The molecular weight excluding hydrogens is 264 g/mol. The van der Waals surface area contributed by atoms with Gasteiger partial charge in [-0.3, -0.25) is 4.79 Å². The molecule has 1 N–H and O–H groups in total. The van der Waals surface area contributed by atoms with Crippen molar-refractivity contribution >= 4 is 5.91 Å². The number of piperidine rings is 1. The predicted molar refractivity (Wildman–Crippen MR) is 85.3 cm³/mol. The number of rotatable bonds is 4. The molecule has 2 aliphatic rings. The van der Waals surface area contributed by atoms with Gasteiger partial charge in [-0.05, 0) is 43.9 Å². The largest absolute Gasteiger partial charge is 0.375 e. The summed E-state index contributed by atoms with van der Waals surface area (Å²) in [6, 6.07) is 1.26. The van der Waals surface area contributed by atoms with Gasteiger partial charge in [0.15, 0.2) is 0 Å². The first-order valence-electron chi connectivity index (χ1n) is 8.53. The molecule has 2 fully saturated rings. The second-order valence-corrected chi connectivity index (χ2v) is 7.55. The molecule has 0 aromatic carbocycles. The molecular formula is C17H32N2O2. The SMILES string of the molecule is COCC(=O)N1CCC(NC2CCCC(C)(C)CC2)CC1. The minimum absolute atomic E-state index is 0.132. The number of carbonyl (C=O) groups is 1. The van der Waals surface area contributed by atoms with Gasteiger partial charge in [0.1, 0.15) is 6.61 Å². The summed E-state index contributed by atoms with van der Waals surface area (Å²) in [5.41, 5.74) is 0.520. The number of hydrogen-bond donors (Lipinski definition) is 1. The summed E-state index contributed by atoms with van der Waals surface area (Å²) in [6.07, 6.45) is 8.80. The van der Waals surface area contributed by atoms with Crippen molar-refractivity contribution in [3.63, 3.8) is 0 Å². The summed E-state index contributed by atoms with van der Waals surface area (Å²) in [4.78, 5) is 13.7. The average Bonchev–Trinajstić information content (AvgIpc) is 2.61. The van der Waals surface area contributed by atoms with Gasteiger partial charge in [-0.15, -0.1) is 0 Å². The van der Waals surface area contributed by atoms with Crippen LogP contribution in [-0.4, -0.2) is 49.7 Å². The van der Waals surface area contributed by atoms with E-state index in [1.54, 1.807) is 7.11 Å². The molecule has 4 nitrogen and oxygen atoms in total. The van der Waals surface area contributed by atoms with E-state index >= 15 is 0 Å². The lowest BCUT2D eigenvalue weighted by molar-refractivity contribution is -0.136. The Balaban J connectivity index is 1.72.